The molecular formula is C30H27F12O6S+. The Morgan fingerprint density at radius 3 is 0.898 bits per heavy atom. The second-order valence-electron chi connectivity index (χ2n) is 11.0. The lowest BCUT2D eigenvalue weighted by Gasteiger charge is -2.31. The Kier molecular flexibility index (Phi) is 11.4. The molecule has 2 unspecified atom stereocenters. The monoisotopic (exact) mass is 743 g/mol. The van der Waals surface area contributed by atoms with E-state index in [0.29, 0.717) is 28.5 Å². The van der Waals surface area contributed by atoms with E-state index in [0.717, 1.165) is 12.1 Å². The molecule has 0 amide bonds. The number of alkyl halides is 12. The minimum Gasteiger partial charge on any atom is -0.490 e. The van der Waals surface area contributed by atoms with Gasteiger partial charge in [-0.2, -0.15) is 52.7 Å². The molecule has 0 saturated heterocycles. The molecule has 3 rings (SSSR count). The first-order valence-electron chi connectivity index (χ1n) is 13.6. The molecule has 0 heterocycles. The van der Waals surface area contributed by atoms with Gasteiger partial charge in [0, 0.05) is 0 Å². The first kappa shape index (κ1) is 39.9. The molecule has 272 valence electrons. The van der Waals surface area contributed by atoms with Gasteiger partial charge >= 0.3 is 24.7 Å². The number of rotatable bonds is 12. The first-order valence-corrected chi connectivity index (χ1v) is 14.8. The van der Waals surface area contributed by atoms with E-state index in [9.17, 15) is 68.0 Å². The van der Waals surface area contributed by atoms with Crippen LogP contribution in [-0.2, 0) is 10.9 Å². The average Bonchev–Trinajstić information content (AvgIpc) is 2.97. The molecule has 2 atom stereocenters. The average molecular weight is 744 g/mol. The van der Waals surface area contributed by atoms with Crippen LogP contribution in [-0.4, -0.2) is 76.6 Å². The Morgan fingerprint density at radius 2 is 0.673 bits per heavy atom. The van der Waals surface area contributed by atoms with Crippen LogP contribution in [0.25, 0.3) is 0 Å². The fraction of sp³-hybridized carbons (Fsp3) is 0.400. The standard InChI is InChI=1S/C30H27F12O6S/c1-24(43,27(31,32)33)15-46-18-3-9-21(10-4-18)49(22-11-5-19(6-12-22)47-16-25(2,44)28(34,35)36)23-13-7-20(8-14-23)48-17-26(45,29(37,38)39)30(40,41)42/h3-14,43-45H,15-17H2,1-2H3/q+1. The molecular weight excluding hydrogens is 716 g/mol. The van der Waals surface area contributed by atoms with Gasteiger partial charge in [0.2, 0.25) is 0 Å². The fourth-order valence-electron chi connectivity index (χ4n) is 3.55. The summed E-state index contributed by atoms with van der Waals surface area (Å²) in [6, 6.07) is 15.3. The van der Waals surface area contributed by atoms with E-state index in [-0.39, 0.29) is 11.5 Å². The normalized spacial score (nSPS) is 16.3. The lowest BCUT2D eigenvalue weighted by atomic mass is 10.0. The van der Waals surface area contributed by atoms with Crippen molar-refractivity contribution in [2.75, 3.05) is 19.8 Å². The topological polar surface area (TPSA) is 88.4 Å². The van der Waals surface area contributed by atoms with Crippen LogP contribution in [0.2, 0.25) is 0 Å². The third-order valence-electron chi connectivity index (χ3n) is 6.83. The summed E-state index contributed by atoms with van der Waals surface area (Å²) in [5.74, 6) is -0.647. The van der Waals surface area contributed by atoms with Crippen molar-refractivity contribution < 1.29 is 82.2 Å². The van der Waals surface area contributed by atoms with Gasteiger partial charge in [0.05, 0.1) is 10.9 Å². The molecule has 0 aliphatic heterocycles. The van der Waals surface area contributed by atoms with Gasteiger partial charge in [-0.3, -0.25) is 0 Å². The SMILES string of the molecule is CC(O)(COc1ccc([S+](c2ccc(OCC(C)(O)C(F)(F)F)cc2)c2ccc(OCC(O)(C(F)(F)F)C(F)(F)F)cc2)cc1)C(F)(F)F. The predicted octanol–water partition coefficient (Wildman–Crippen LogP) is 7.40. The van der Waals surface area contributed by atoms with E-state index >= 15 is 0 Å². The molecule has 3 aromatic carbocycles. The number of ether oxygens (including phenoxy) is 3. The first-order chi connectivity index (χ1) is 22.2. The number of benzene rings is 3. The fourth-order valence-corrected chi connectivity index (χ4v) is 5.59. The van der Waals surface area contributed by atoms with Crippen LogP contribution in [0, 0.1) is 0 Å². The Morgan fingerprint density at radius 1 is 0.429 bits per heavy atom. The summed E-state index contributed by atoms with van der Waals surface area (Å²) in [7, 11) is -1.19. The zero-order chi connectivity index (χ0) is 37.3. The molecule has 19 heteroatoms. The molecule has 6 nitrogen and oxygen atoms in total. The summed E-state index contributed by atoms with van der Waals surface area (Å²) in [5, 5.41) is 28.6. The molecule has 0 spiro atoms. The van der Waals surface area contributed by atoms with Crippen molar-refractivity contribution in [2.24, 2.45) is 0 Å². The highest BCUT2D eigenvalue weighted by atomic mass is 32.2. The molecule has 0 aromatic heterocycles. The lowest BCUT2D eigenvalue weighted by Crippen LogP contribution is -2.60. The zero-order valence-electron chi connectivity index (χ0n) is 25.1. The largest absolute Gasteiger partial charge is 0.490 e. The van der Waals surface area contributed by atoms with Crippen molar-refractivity contribution in [3.63, 3.8) is 0 Å². The van der Waals surface area contributed by atoms with E-state index in [4.69, 9.17) is 9.47 Å². The third-order valence-corrected chi connectivity index (χ3v) is 9.06. The van der Waals surface area contributed by atoms with Gasteiger partial charge < -0.3 is 29.5 Å². The van der Waals surface area contributed by atoms with Crippen molar-refractivity contribution in [1.29, 1.82) is 0 Å². The van der Waals surface area contributed by atoms with Crippen molar-refractivity contribution in [3.05, 3.63) is 72.8 Å². The Balaban J connectivity index is 1.92. The van der Waals surface area contributed by atoms with Crippen LogP contribution in [0.3, 0.4) is 0 Å². The molecule has 3 N–H and O–H groups in total. The van der Waals surface area contributed by atoms with Gasteiger partial charge in [-0.25, -0.2) is 0 Å². The highest BCUT2D eigenvalue weighted by Gasteiger charge is 2.71. The van der Waals surface area contributed by atoms with E-state index < -0.39 is 78.0 Å². The molecule has 0 bridgehead atoms. The third kappa shape index (κ3) is 9.37. The summed E-state index contributed by atoms with van der Waals surface area (Å²) < 4.78 is 171. The second-order valence-corrected chi connectivity index (χ2v) is 13.0. The highest BCUT2D eigenvalue weighted by molar-refractivity contribution is 7.97. The van der Waals surface area contributed by atoms with Gasteiger partial charge in [-0.05, 0) is 86.6 Å². The minimum absolute atomic E-state index is 0.0807. The quantitative estimate of drug-likeness (QED) is 0.133. The van der Waals surface area contributed by atoms with Gasteiger partial charge in [-0.1, -0.05) is 0 Å². The summed E-state index contributed by atoms with van der Waals surface area (Å²) >= 11 is 0. The Labute approximate surface area is 273 Å². The highest BCUT2D eigenvalue weighted by Crippen LogP contribution is 2.43. The van der Waals surface area contributed by atoms with Gasteiger partial charge in [0.25, 0.3) is 5.60 Å². The van der Waals surface area contributed by atoms with Crippen LogP contribution in [0.5, 0.6) is 17.2 Å². The van der Waals surface area contributed by atoms with Crippen molar-refractivity contribution in [1.82, 2.24) is 0 Å². The Bertz CT molecular complexity index is 1430. The van der Waals surface area contributed by atoms with Crippen LogP contribution >= 0.6 is 0 Å². The van der Waals surface area contributed by atoms with E-state index in [2.05, 4.69) is 4.74 Å². The van der Waals surface area contributed by atoms with Gasteiger partial charge in [-0.15, -0.1) is 0 Å². The van der Waals surface area contributed by atoms with Crippen molar-refractivity contribution >= 4 is 10.9 Å². The molecule has 0 radical (unpaired) electrons. The van der Waals surface area contributed by atoms with E-state index in [1.807, 2.05) is 0 Å². The molecule has 0 saturated carbocycles. The lowest BCUT2D eigenvalue weighted by molar-refractivity contribution is -0.373. The summed E-state index contributed by atoms with van der Waals surface area (Å²) in [5.41, 5.74) is -11.5. The smallest absolute Gasteiger partial charge is 0.429 e. The zero-order valence-corrected chi connectivity index (χ0v) is 25.9. The summed E-state index contributed by atoms with van der Waals surface area (Å²) in [6.07, 6.45) is -22.2. The number of hydrogen-bond donors (Lipinski definition) is 3. The molecule has 49 heavy (non-hydrogen) atoms. The van der Waals surface area contributed by atoms with Crippen LogP contribution in [0.4, 0.5) is 52.7 Å². The van der Waals surface area contributed by atoms with Crippen LogP contribution in [0.1, 0.15) is 13.8 Å². The molecule has 0 aliphatic carbocycles. The maximum absolute atomic E-state index is 13.0. The van der Waals surface area contributed by atoms with E-state index in [1.165, 1.54) is 60.7 Å². The molecule has 0 aliphatic rings. The molecule has 3 aromatic rings. The molecule has 0 fully saturated rings. The number of aliphatic hydroxyl groups is 3. The maximum Gasteiger partial charge on any atom is 0.429 e. The predicted molar refractivity (Wildman–Crippen MR) is 148 cm³/mol. The van der Waals surface area contributed by atoms with Crippen molar-refractivity contribution in [3.8, 4) is 17.2 Å². The Hall–Kier alpha value is -3.55. The summed E-state index contributed by atoms with van der Waals surface area (Å²) in [4.78, 5) is 1.22. The van der Waals surface area contributed by atoms with Gasteiger partial charge in [0.15, 0.2) is 25.9 Å². The van der Waals surface area contributed by atoms with Crippen LogP contribution < -0.4 is 14.2 Å². The second kappa shape index (κ2) is 14.0. The number of hydrogen-bond acceptors (Lipinski definition) is 6. The van der Waals surface area contributed by atoms with Crippen molar-refractivity contribution in [2.45, 2.75) is 70.0 Å². The summed E-state index contributed by atoms with van der Waals surface area (Å²) in [6.45, 7) is -3.49. The van der Waals surface area contributed by atoms with Crippen LogP contribution in [0.15, 0.2) is 87.5 Å². The maximum atomic E-state index is 13.0. The van der Waals surface area contributed by atoms with Gasteiger partial charge in [0.1, 0.15) is 37.1 Å². The number of halogens is 12. The minimum atomic E-state index is -6.12. The van der Waals surface area contributed by atoms with E-state index in [1.54, 1.807) is 0 Å².